The molecular formula is C20H28N2O3. The van der Waals surface area contributed by atoms with E-state index in [-0.39, 0.29) is 17.9 Å². The summed E-state index contributed by atoms with van der Waals surface area (Å²) in [5.41, 5.74) is 1.32. The van der Waals surface area contributed by atoms with Crippen LogP contribution in [0.1, 0.15) is 44.1 Å². The van der Waals surface area contributed by atoms with Gasteiger partial charge in [0, 0.05) is 25.7 Å². The van der Waals surface area contributed by atoms with E-state index < -0.39 is 11.9 Å². The lowest BCUT2D eigenvalue weighted by Gasteiger charge is -2.34. The zero-order valence-corrected chi connectivity index (χ0v) is 14.7. The Bertz CT molecular complexity index is 582. The van der Waals surface area contributed by atoms with Crippen molar-refractivity contribution in [2.24, 2.45) is 11.8 Å². The Kier molecular flexibility index (Phi) is 6.08. The van der Waals surface area contributed by atoms with Crippen molar-refractivity contribution in [1.29, 1.82) is 0 Å². The zero-order valence-electron chi connectivity index (χ0n) is 14.7. The van der Waals surface area contributed by atoms with Crippen LogP contribution in [0.25, 0.3) is 0 Å². The summed E-state index contributed by atoms with van der Waals surface area (Å²) in [6, 6.07) is 10.6. The predicted octanol–water partition coefficient (Wildman–Crippen LogP) is 2.66. The zero-order chi connectivity index (χ0) is 17.6. The summed E-state index contributed by atoms with van der Waals surface area (Å²) >= 11 is 0. The molecule has 5 nitrogen and oxygen atoms in total. The SMILES string of the molecule is O=C(O)[C@@H]1CCCC[C@H]1C(=O)NC1CCN(Cc2ccccc2)CC1. The fourth-order valence-electron chi connectivity index (χ4n) is 4.13. The number of carboxylic acids is 1. The number of hydrogen-bond acceptors (Lipinski definition) is 3. The molecule has 1 amide bonds. The molecule has 1 saturated heterocycles. The molecule has 3 rings (SSSR count). The molecule has 5 heteroatoms. The molecule has 0 radical (unpaired) electrons. The van der Waals surface area contributed by atoms with E-state index >= 15 is 0 Å². The molecule has 1 aliphatic carbocycles. The Hall–Kier alpha value is -1.88. The van der Waals surface area contributed by atoms with E-state index in [1.165, 1.54) is 5.56 Å². The maximum Gasteiger partial charge on any atom is 0.307 e. The Morgan fingerprint density at radius 3 is 2.28 bits per heavy atom. The van der Waals surface area contributed by atoms with E-state index in [2.05, 4.69) is 34.5 Å². The summed E-state index contributed by atoms with van der Waals surface area (Å²) in [6.45, 7) is 2.88. The molecule has 0 unspecified atom stereocenters. The Morgan fingerprint density at radius 1 is 1.00 bits per heavy atom. The number of carboxylic acid groups (broad SMARTS) is 1. The highest BCUT2D eigenvalue weighted by molar-refractivity contribution is 5.85. The number of nitrogens with zero attached hydrogens (tertiary/aromatic N) is 1. The molecule has 1 saturated carbocycles. The van der Waals surface area contributed by atoms with Crippen LogP contribution in [-0.2, 0) is 16.1 Å². The van der Waals surface area contributed by atoms with Crippen LogP contribution >= 0.6 is 0 Å². The molecule has 2 aliphatic rings. The third-order valence-electron chi connectivity index (χ3n) is 5.60. The minimum Gasteiger partial charge on any atom is -0.481 e. The molecule has 1 heterocycles. The summed E-state index contributed by atoms with van der Waals surface area (Å²) in [5, 5.41) is 12.5. The first-order valence-corrected chi connectivity index (χ1v) is 9.43. The fraction of sp³-hybridized carbons (Fsp3) is 0.600. The van der Waals surface area contributed by atoms with Gasteiger partial charge in [0.25, 0.3) is 0 Å². The molecule has 1 aromatic rings. The van der Waals surface area contributed by atoms with Crippen molar-refractivity contribution in [3.8, 4) is 0 Å². The molecule has 1 aliphatic heterocycles. The van der Waals surface area contributed by atoms with E-state index in [9.17, 15) is 14.7 Å². The second-order valence-electron chi connectivity index (χ2n) is 7.38. The first kappa shape index (κ1) is 17.9. The standard InChI is InChI=1S/C20H28N2O3/c23-19(17-8-4-5-9-18(17)20(24)25)21-16-10-12-22(13-11-16)14-15-6-2-1-3-7-15/h1-3,6-7,16-18H,4-5,8-14H2,(H,21,23)(H,24,25)/t17-,18-/m1/s1. The highest BCUT2D eigenvalue weighted by atomic mass is 16.4. The molecule has 0 aromatic heterocycles. The number of benzene rings is 1. The third-order valence-corrected chi connectivity index (χ3v) is 5.60. The maximum absolute atomic E-state index is 12.6. The Balaban J connectivity index is 1.46. The molecule has 2 fully saturated rings. The average Bonchev–Trinajstić information content (AvgIpc) is 2.64. The van der Waals surface area contributed by atoms with Gasteiger partial charge in [-0.15, -0.1) is 0 Å². The van der Waals surface area contributed by atoms with Gasteiger partial charge in [0.15, 0.2) is 0 Å². The smallest absolute Gasteiger partial charge is 0.307 e. The summed E-state index contributed by atoms with van der Waals surface area (Å²) in [7, 11) is 0. The van der Waals surface area contributed by atoms with Gasteiger partial charge in [0.1, 0.15) is 0 Å². The number of carbonyl (C=O) groups is 2. The second-order valence-corrected chi connectivity index (χ2v) is 7.38. The highest BCUT2D eigenvalue weighted by Gasteiger charge is 2.36. The van der Waals surface area contributed by atoms with Crippen LogP contribution in [0, 0.1) is 11.8 Å². The normalized spacial score (nSPS) is 25.4. The minimum absolute atomic E-state index is 0.0476. The maximum atomic E-state index is 12.6. The molecule has 0 spiro atoms. The number of hydrogen-bond donors (Lipinski definition) is 2. The molecular weight excluding hydrogens is 316 g/mol. The Morgan fingerprint density at radius 2 is 1.64 bits per heavy atom. The lowest BCUT2D eigenvalue weighted by Crippen LogP contribution is -2.48. The number of aliphatic carboxylic acids is 1. The predicted molar refractivity (Wildman–Crippen MR) is 96.0 cm³/mol. The van der Waals surface area contributed by atoms with Crippen LogP contribution in [0.3, 0.4) is 0 Å². The van der Waals surface area contributed by atoms with Gasteiger partial charge in [-0.05, 0) is 31.2 Å². The van der Waals surface area contributed by atoms with Gasteiger partial charge in [-0.25, -0.2) is 0 Å². The van der Waals surface area contributed by atoms with Crippen LogP contribution in [0.5, 0.6) is 0 Å². The molecule has 0 bridgehead atoms. The van der Waals surface area contributed by atoms with Crippen LogP contribution in [0.4, 0.5) is 0 Å². The quantitative estimate of drug-likeness (QED) is 0.862. The summed E-state index contributed by atoms with van der Waals surface area (Å²) in [4.78, 5) is 26.4. The monoisotopic (exact) mass is 344 g/mol. The number of rotatable bonds is 5. The van der Waals surface area contributed by atoms with Crippen molar-refractivity contribution in [1.82, 2.24) is 10.2 Å². The summed E-state index contributed by atoms with van der Waals surface area (Å²) in [6.07, 6.45) is 5.07. The van der Waals surface area contributed by atoms with E-state index in [1.807, 2.05) is 6.07 Å². The van der Waals surface area contributed by atoms with Gasteiger partial charge in [-0.3, -0.25) is 14.5 Å². The van der Waals surface area contributed by atoms with Crippen molar-refractivity contribution in [3.05, 3.63) is 35.9 Å². The van der Waals surface area contributed by atoms with Crippen LogP contribution in [0.2, 0.25) is 0 Å². The number of amides is 1. The van der Waals surface area contributed by atoms with Gasteiger partial charge in [-0.1, -0.05) is 43.2 Å². The van der Waals surface area contributed by atoms with E-state index in [4.69, 9.17) is 0 Å². The first-order chi connectivity index (χ1) is 12.1. The van der Waals surface area contributed by atoms with Crippen molar-refractivity contribution >= 4 is 11.9 Å². The van der Waals surface area contributed by atoms with Gasteiger partial charge >= 0.3 is 5.97 Å². The molecule has 25 heavy (non-hydrogen) atoms. The van der Waals surface area contributed by atoms with E-state index in [0.717, 1.165) is 45.3 Å². The van der Waals surface area contributed by atoms with Crippen LogP contribution in [-0.4, -0.2) is 41.0 Å². The topological polar surface area (TPSA) is 69.6 Å². The minimum atomic E-state index is -0.822. The summed E-state index contributed by atoms with van der Waals surface area (Å²) < 4.78 is 0. The fourth-order valence-corrected chi connectivity index (χ4v) is 4.13. The van der Waals surface area contributed by atoms with E-state index in [0.29, 0.717) is 12.8 Å². The number of likely N-dealkylation sites (tertiary alicyclic amines) is 1. The summed E-state index contributed by atoms with van der Waals surface area (Å²) in [5.74, 6) is -1.73. The van der Waals surface area contributed by atoms with Gasteiger partial charge in [0.2, 0.25) is 5.91 Å². The van der Waals surface area contributed by atoms with Crippen LogP contribution < -0.4 is 5.32 Å². The van der Waals surface area contributed by atoms with E-state index in [1.54, 1.807) is 0 Å². The van der Waals surface area contributed by atoms with Crippen molar-refractivity contribution in [2.75, 3.05) is 13.1 Å². The third kappa shape index (κ3) is 4.82. The number of nitrogens with one attached hydrogen (secondary N) is 1. The molecule has 2 N–H and O–H groups in total. The van der Waals surface area contributed by atoms with Gasteiger partial charge < -0.3 is 10.4 Å². The molecule has 136 valence electrons. The molecule has 1 aromatic carbocycles. The second kappa shape index (κ2) is 8.48. The van der Waals surface area contributed by atoms with Crippen molar-refractivity contribution in [2.45, 2.75) is 51.1 Å². The van der Waals surface area contributed by atoms with Gasteiger partial charge in [0.05, 0.1) is 11.8 Å². The molecule has 2 atom stereocenters. The lowest BCUT2D eigenvalue weighted by atomic mass is 9.78. The lowest BCUT2D eigenvalue weighted by molar-refractivity contribution is -0.149. The first-order valence-electron chi connectivity index (χ1n) is 9.43. The van der Waals surface area contributed by atoms with Crippen LogP contribution in [0.15, 0.2) is 30.3 Å². The number of piperidine rings is 1. The van der Waals surface area contributed by atoms with Crippen molar-refractivity contribution in [3.63, 3.8) is 0 Å². The van der Waals surface area contributed by atoms with Crippen molar-refractivity contribution < 1.29 is 14.7 Å². The number of carbonyl (C=O) groups excluding carboxylic acids is 1. The average molecular weight is 344 g/mol. The highest BCUT2D eigenvalue weighted by Crippen LogP contribution is 2.30. The van der Waals surface area contributed by atoms with Gasteiger partial charge in [-0.2, -0.15) is 0 Å². The largest absolute Gasteiger partial charge is 0.481 e. The Labute approximate surface area is 149 Å².